The molecule has 0 saturated heterocycles. The van der Waals surface area contributed by atoms with Gasteiger partial charge in [0.15, 0.2) is 0 Å². The summed E-state index contributed by atoms with van der Waals surface area (Å²) in [5, 5.41) is 7.55. The number of hydrogen-bond acceptors (Lipinski definition) is 6. The number of hydrogen-bond donors (Lipinski definition) is 0. The van der Waals surface area contributed by atoms with E-state index in [1.807, 2.05) is 11.9 Å². The Hall–Kier alpha value is -2.68. The van der Waals surface area contributed by atoms with Crippen molar-refractivity contribution in [3.8, 4) is 11.5 Å². The molecule has 2 heterocycles. The van der Waals surface area contributed by atoms with Crippen LogP contribution in [0, 0.1) is 13.8 Å². The predicted molar refractivity (Wildman–Crippen MR) is 85.9 cm³/mol. The number of aryl methyl sites for hydroxylation is 2. The number of nitrogens with zero attached hydrogens (tertiary/aromatic N) is 4. The van der Waals surface area contributed by atoms with E-state index in [-0.39, 0.29) is 11.5 Å². The summed E-state index contributed by atoms with van der Waals surface area (Å²) in [5.41, 5.74) is 1.62. The van der Waals surface area contributed by atoms with Crippen LogP contribution in [0.4, 0.5) is 13.2 Å². The molecular weight excluding hydrogens is 349 g/mol. The van der Waals surface area contributed by atoms with Crippen LogP contribution < -0.4 is 0 Å². The van der Waals surface area contributed by atoms with Crippen molar-refractivity contribution in [3.05, 3.63) is 52.7 Å². The molecular formula is C17H17F3N4O2. The van der Waals surface area contributed by atoms with Crippen molar-refractivity contribution in [3.63, 3.8) is 0 Å². The van der Waals surface area contributed by atoms with E-state index in [4.69, 9.17) is 4.42 Å². The Kier molecular flexibility index (Phi) is 4.82. The minimum absolute atomic E-state index is 0.163. The molecule has 6 nitrogen and oxygen atoms in total. The highest BCUT2D eigenvalue weighted by molar-refractivity contribution is 5.55. The van der Waals surface area contributed by atoms with Crippen molar-refractivity contribution in [1.29, 1.82) is 0 Å². The maximum Gasteiger partial charge on any atom is 0.416 e. The monoisotopic (exact) mass is 366 g/mol. The van der Waals surface area contributed by atoms with Gasteiger partial charge < -0.3 is 4.42 Å². The lowest BCUT2D eigenvalue weighted by Crippen LogP contribution is -2.18. The Morgan fingerprint density at radius 2 is 1.81 bits per heavy atom. The second-order valence-electron chi connectivity index (χ2n) is 6.07. The largest absolute Gasteiger partial charge is 0.441 e. The summed E-state index contributed by atoms with van der Waals surface area (Å²) in [7, 11) is 1.87. The number of alkyl halides is 3. The smallest absolute Gasteiger partial charge is 0.416 e. The lowest BCUT2D eigenvalue weighted by Gasteiger charge is -2.13. The van der Waals surface area contributed by atoms with Gasteiger partial charge in [-0.05, 0) is 39.1 Å². The van der Waals surface area contributed by atoms with Gasteiger partial charge in [-0.25, -0.2) is 9.61 Å². The van der Waals surface area contributed by atoms with Crippen LogP contribution in [0.25, 0.3) is 11.5 Å². The molecule has 0 spiro atoms. The van der Waals surface area contributed by atoms with E-state index in [9.17, 15) is 13.2 Å². The average molecular weight is 366 g/mol. The van der Waals surface area contributed by atoms with Gasteiger partial charge in [0, 0.05) is 18.7 Å². The first kappa shape index (κ1) is 18.1. The van der Waals surface area contributed by atoms with Crippen molar-refractivity contribution in [2.24, 2.45) is 0 Å². The molecule has 0 aliphatic heterocycles. The number of rotatable bonds is 5. The standard InChI is InChI=1S/C17H17F3N4O2/c1-10-14(23-26-22-10)8-24(3)9-15-11(2)25-16(21-15)12-5-4-6-13(7-12)17(18,19)20/h4-7H,8-9H2,1-3H3. The first-order valence-electron chi connectivity index (χ1n) is 7.84. The van der Waals surface area contributed by atoms with Crippen LogP contribution in [-0.4, -0.2) is 27.2 Å². The van der Waals surface area contributed by atoms with Crippen LogP contribution in [0.5, 0.6) is 0 Å². The molecule has 138 valence electrons. The van der Waals surface area contributed by atoms with Crippen molar-refractivity contribution in [1.82, 2.24) is 20.2 Å². The van der Waals surface area contributed by atoms with Gasteiger partial charge in [0.1, 0.15) is 17.1 Å². The first-order chi connectivity index (χ1) is 12.2. The molecule has 0 bridgehead atoms. The summed E-state index contributed by atoms with van der Waals surface area (Å²) in [6.45, 7) is 4.48. The van der Waals surface area contributed by atoms with Gasteiger partial charge in [0.2, 0.25) is 5.89 Å². The molecule has 0 fully saturated rings. The van der Waals surface area contributed by atoms with Crippen LogP contribution in [0.2, 0.25) is 0 Å². The highest BCUT2D eigenvalue weighted by Gasteiger charge is 2.31. The third-order valence-corrected chi connectivity index (χ3v) is 3.92. The second-order valence-corrected chi connectivity index (χ2v) is 6.07. The average Bonchev–Trinajstić information content (AvgIpc) is 3.13. The highest BCUT2D eigenvalue weighted by atomic mass is 19.4. The molecule has 0 N–H and O–H groups in total. The van der Waals surface area contributed by atoms with Gasteiger partial charge >= 0.3 is 6.18 Å². The molecule has 0 atom stereocenters. The van der Waals surface area contributed by atoms with Crippen molar-refractivity contribution >= 4 is 0 Å². The molecule has 0 saturated carbocycles. The van der Waals surface area contributed by atoms with Gasteiger partial charge in [-0.15, -0.1) is 0 Å². The van der Waals surface area contributed by atoms with E-state index in [1.165, 1.54) is 6.07 Å². The van der Waals surface area contributed by atoms with Crippen LogP contribution in [0.15, 0.2) is 33.3 Å². The Morgan fingerprint density at radius 1 is 1.08 bits per heavy atom. The van der Waals surface area contributed by atoms with E-state index in [2.05, 4.69) is 19.9 Å². The minimum Gasteiger partial charge on any atom is -0.441 e. The lowest BCUT2D eigenvalue weighted by molar-refractivity contribution is -0.137. The van der Waals surface area contributed by atoms with Gasteiger partial charge in [0.25, 0.3) is 0 Å². The third kappa shape index (κ3) is 3.93. The van der Waals surface area contributed by atoms with Crippen LogP contribution >= 0.6 is 0 Å². The molecule has 0 radical (unpaired) electrons. The molecule has 26 heavy (non-hydrogen) atoms. The topological polar surface area (TPSA) is 68.2 Å². The molecule has 0 aliphatic rings. The van der Waals surface area contributed by atoms with Gasteiger partial charge in [-0.2, -0.15) is 13.2 Å². The summed E-state index contributed by atoms with van der Waals surface area (Å²) < 4.78 is 48.9. The Morgan fingerprint density at radius 3 is 2.46 bits per heavy atom. The summed E-state index contributed by atoms with van der Waals surface area (Å²) in [5.74, 6) is 0.718. The fourth-order valence-electron chi connectivity index (χ4n) is 2.49. The van der Waals surface area contributed by atoms with Gasteiger partial charge in [-0.3, -0.25) is 4.90 Å². The summed E-state index contributed by atoms with van der Waals surface area (Å²) in [6, 6.07) is 4.92. The first-order valence-corrected chi connectivity index (χ1v) is 7.84. The van der Waals surface area contributed by atoms with Crippen molar-refractivity contribution < 1.29 is 22.2 Å². The fourth-order valence-corrected chi connectivity index (χ4v) is 2.49. The van der Waals surface area contributed by atoms with E-state index in [0.29, 0.717) is 35.9 Å². The van der Waals surface area contributed by atoms with Crippen LogP contribution in [0.3, 0.4) is 0 Å². The van der Waals surface area contributed by atoms with Gasteiger partial charge in [-0.1, -0.05) is 16.4 Å². The van der Waals surface area contributed by atoms with Crippen molar-refractivity contribution in [2.45, 2.75) is 33.1 Å². The highest BCUT2D eigenvalue weighted by Crippen LogP contribution is 2.32. The number of halogens is 3. The van der Waals surface area contributed by atoms with E-state index in [1.54, 1.807) is 19.9 Å². The minimum atomic E-state index is -4.41. The maximum atomic E-state index is 12.9. The van der Waals surface area contributed by atoms with E-state index in [0.717, 1.165) is 12.1 Å². The Labute approximate surface area is 147 Å². The molecule has 3 rings (SSSR count). The van der Waals surface area contributed by atoms with E-state index >= 15 is 0 Å². The molecule has 2 aromatic heterocycles. The van der Waals surface area contributed by atoms with Crippen molar-refractivity contribution in [2.75, 3.05) is 7.05 Å². The quantitative estimate of drug-likeness (QED) is 0.680. The fraction of sp³-hybridized carbons (Fsp3) is 0.353. The van der Waals surface area contributed by atoms with Gasteiger partial charge in [0.05, 0.1) is 11.3 Å². The summed E-state index contributed by atoms with van der Waals surface area (Å²) in [6.07, 6.45) is -4.41. The molecule has 0 amide bonds. The van der Waals surface area contributed by atoms with E-state index < -0.39 is 11.7 Å². The zero-order chi connectivity index (χ0) is 18.9. The Balaban J connectivity index is 1.78. The number of benzene rings is 1. The zero-order valence-corrected chi connectivity index (χ0v) is 14.5. The zero-order valence-electron chi connectivity index (χ0n) is 14.5. The normalized spacial score (nSPS) is 12.1. The third-order valence-electron chi connectivity index (χ3n) is 3.92. The number of oxazole rings is 1. The molecule has 3 aromatic rings. The molecule has 9 heteroatoms. The summed E-state index contributed by atoms with van der Waals surface area (Å²) in [4.78, 5) is 6.30. The van der Waals surface area contributed by atoms with Crippen LogP contribution in [0.1, 0.15) is 28.4 Å². The Bertz CT molecular complexity index is 902. The summed E-state index contributed by atoms with van der Waals surface area (Å²) >= 11 is 0. The SMILES string of the molecule is Cc1nonc1CN(C)Cc1nc(-c2cccc(C(F)(F)F)c2)oc1C. The maximum absolute atomic E-state index is 12.9. The number of aromatic nitrogens is 3. The molecule has 0 unspecified atom stereocenters. The van der Waals surface area contributed by atoms with Crippen LogP contribution in [-0.2, 0) is 19.3 Å². The molecule has 0 aliphatic carbocycles. The second kappa shape index (κ2) is 6.91. The predicted octanol–water partition coefficient (Wildman–Crippen LogP) is 3.99. The lowest BCUT2D eigenvalue weighted by atomic mass is 10.1. The molecule has 1 aromatic carbocycles.